The molecule has 4 N–H and O–H groups in total. The number of carbonyl (C=O) groups excluding carboxylic acids is 2. The zero-order valence-corrected chi connectivity index (χ0v) is 16.3. The smallest absolute Gasteiger partial charge is 0.279 e. The van der Waals surface area contributed by atoms with Gasteiger partial charge in [0.2, 0.25) is 0 Å². The molecule has 8 heteroatoms. The van der Waals surface area contributed by atoms with Gasteiger partial charge < -0.3 is 20.4 Å². The molecule has 0 aromatic heterocycles. The maximum atomic E-state index is 13.6. The van der Waals surface area contributed by atoms with Crippen LogP contribution in [-0.4, -0.2) is 56.6 Å². The topological polar surface area (TPSA) is 67.1 Å². The summed E-state index contributed by atoms with van der Waals surface area (Å²) in [5.74, 6) is -1.96. The lowest BCUT2D eigenvalue weighted by Crippen LogP contribution is -3.18. The van der Waals surface area contributed by atoms with Gasteiger partial charge in [-0.3, -0.25) is 9.59 Å². The average molecular weight is 384 g/mol. The molecule has 1 heterocycles. The van der Waals surface area contributed by atoms with Crippen molar-refractivity contribution in [3.05, 3.63) is 29.8 Å². The molecule has 1 aliphatic rings. The summed E-state index contributed by atoms with van der Waals surface area (Å²) in [5, 5.41) is 5.30. The minimum Gasteiger partial charge on any atom is -0.347 e. The van der Waals surface area contributed by atoms with Gasteiger partial charge in [-0.1, -0.05) is 6.07 Å². The molecule has 6 nitrogen and oxygen atoms in total. The van der Waals surface area contributed by atoms with Crippen molar-refractivity contribution in [2.24, 2.45) is 0 Å². The maximum Gasteiger partial charge on any atom is 0.279 e. The van der Waals surface area contributed by atoms with Crippen molar-refractivity contribution in [2.75, 3.05) is 44.6 Å². The molecule has 0 bridgehead atoms. The van der Waals surface area contributed by atoms with Gasteiger partial charge in [0.1, 0.15) is 30.4 Å². The van der Waals surface area contributed by atoms with Crippen LogP contribution in [0.25, 0.3) is 0 Å². The summed E-state index contributed by atoms with van der Waals surface area (Å²) in [6, 6.07) is 3.48. The fourth-order valence-electron chi connectivity index (χ4n) is 3.26. The summed E-state index contributed by atoms with van der Waals surface area (Å²) < 4.78 is 27.3. The Hall–Kier alpha value is -2.06. The number of amides is 2. The monoisotopic (exact) mass is 384 g/mol. The highest BCUT2D eigenvalue weighted by atomic mass is 19.1. The molecule has 1 aromatic carbocycles. The Bertz CT molecular complexity index is 656. The number of benzene rings is 1. The molecule has 0 spiro atoms. The Labute approximate surface area is 158 Å². The van der Waals surface area contributed by atoms with Crippen LogP contribution in [0, 0.1) is 11.6 Å². The van der Waals surface area contributed by atoms with E-state index in [1.807, 2.05) is 20.8 Å². The minimum absolute atomic E-state index is 0.0220. The van der Waals surface area contributed by atoms with E-state index in [-0.39, 0.29) is 18.0 Å². The Balaban J connectivity index is 1.82. The predicted molar refractivity (Wildman–Crippen MR) is 98.6 cm³/mol. The number of hydrogen-bond acceptors (Lipinski definition) is 2. The molecule has 150 valence electrons. The van der Waals surface area contributed by atoms with Crippen molar-refractivity contribution in [1.82, 2.24) is 5.32 Å². The highest BCUT2D eigenvalue weighted by Gasteiger charge is 2.25. The van der Waals surface area contributed by atoms with Gasteiger partial charge in [0.15, 0.2) is 13.1 Å². The van der Waals surface area contributed by atoms with Gasteiger partial charge in [-0.2, -0.15) is 0 Å². The maximum absolute atomic E-state index is 13.6. The van der Waals surface area contributed by atoms with Gasteiger partial charge in [0.25, 0.3) is 11.8 Å². The first-order chi connectivity index (χ1) is 12.6. The van der Waals surface area contributed by atoms with Gasteiger partial charge in [-0.05, 0) is 32.9 Å². The zero-order valence-electron chi connectivity index (χ0n) is 16.3. The summed E-state index contributed by atoms with van der Waals surface area (Å²) >= 11 is 0. The van der Waals surface area contributed by atoms with E-state index in [0.29, 0.717) is 6.54 Å². The summed E-state index contributed by atoms with van der Waals surface area (Å²) in [4.78, 5) is 26.5. The number of hydrogen-bond donors (Lipinski definition) is 4. The third-order valence-corrected chi connectivity index (χ3v) is 4.46. The van der Waals surface area contributed by atoms with E-state index in [0.717, 1.165) is 49.6 Å². The van der Waals surface area contributed by atoms with E-state index in [1.54, 1.807) is 0 Å². The van der Waals surface area contributed by atoms with Gasteiger partial charge in [0.05, 0.1) is 13.1 Å². The normalized spacial score (nSPS) is 20.6. The van der Waals surface area contributed by atoms with Crippen molar-refractivity contribution >= 4 is 17.5 Å². The Kier molecular flexibility index (Phi) is 7.26. The summed E-state index contributed by atoms with van der Waals surface area (Å²) in [5.41, 5.74) is -0.650. The quantitative estimate of drug-likeness (QED) is 0.526. The lowest BCUT2D eigenvalue weighted by atomic mass is 10.1. The standard InChI is InChI=1S/C19H28F2N4O2/c1-19(2,3)23-17(27)13-25-9-5-8-24(10-11-25)12-16(26)22-18-14(20)6-4-7-15(18)21/h4,6-7H,5,8-13H2,1-3H3,(H,22,26)(H,23,27)/p+2. The van der Waals surface area contributed by atoms with Gasteiger partial charge in [0, 0.05) is 12.0 Å². The molecule has 0 saturated carbocycles. The minimum atomic E-state index is -0.783. The number of nitrogens with one attached hydrogen (secondary N) is 4. The SMILES string of the molecule is CC(C)(C)NC(=O)C[NH+]1CCC[NH+](CC(=O)Nc2c(F)cccc2F)CC1. The number of quaternary nitrogens is 2. The van der Waals surface area contributed by atoms with E-state index < -0.39 is 23.2 Å². The van der Waals surface area contributed by atoms with Crippen LogP contribution in [0.1, 0.15) is 27.2 Å². The molecular formula is C19H30F2N4O2+2. The van der Waals surface area contributed by atoms with Crippen molar-refractivity contribution in [3.63, 3.8) is 0 Å². The van der Waals surface area contributed by atoms with Crippen molar-refractivity contribution in [1.29, 1.82) is 0 Å². The lowest BCUT2D eigenvalue weighted by Gasteiger charge is -2.22. The van der Waals surface area contributed by atoms with Crippen LogP contribution >= 0.6 is 0 Å². The van der Waals surface area contributed by atoms with Gasteiger partial charge >= 0.3 is 0 Å². The third-order valence-electron chi connectivity index (χ3n) is 4.46. The van der Waals surface area contributed by atoms with E-state index >= 15 is 0 Å². The molecular weight excluding hydrogens is 354 g/mol. The molecule has 2 atom stereocenters. The molecule has 2 amide bonds. The second-order valence-electron chi connectivity index (χ2n) is 8.15. The molecule has 2 unspecified atom stereocenters. The van der Waals surface area contributed by atoms with Crippen LogP contribution in [-0.2, 0) is 9.59 Å². The second-order valence-corrected chi connectivity index (χ2v) is 8.15. The summed E-state index contributed by atoms with van der Waals surface area (Å²) in [7, 11) is 0. The molecule has 1 aromatic rings. The van der Waals surface area contributed by atoms with Crippen LogP contribution in [0.5, 0.6) is 0 Å². The third kappa shape index (κ3) is 7.22. The van der Waals surface area contributed by atoms with E-state index in [2.05, 4.69) is 10.6 Å². The Morgan fingerprint density at radius 1 is 0.963 bits per heavy atom. The molecule has 1 fully saturated rings. The zero-order chi connectivity index (χ0) is 20.0. The van der Waals surface area contributed by atoms with Crippen LogP contribution in [0.15, 0.2) is 18.2 Å². The number of para-hydroxylation sites is 1. The highest BCUT2D eigenvalue weighted by Crippen LogP contribution is 2.17. The highest BCUT2D eigenvalue weighted by molar-refractivity contribution is 5.91. The van der Waals surface area contributed by atoms with Gasteiger partial charge in [-0.15, -0.1) is 0 Å². The fourth-order valence-corrected chi connectivity index (χ4v) is 3.26. The van der Waals surface area contributed by atoms with E-state index in [1.165, 1.54) is 11.0 Å². The Morgan fingerprint density at radius 2 is 1.48 bits per heavy atom. The number of halogens is 2. The van der Waals surface area contributed by atoms with Crippen molar-refractivity contribution in [3.8, 4) is 0 Å². The van der Waals surface area contributed by atoms with E-state index in [4.69, 9.17) is 0 Å². The van der Waals surface area contributed by atoms with Crippen LogP contribution < -0.4 is 20.4 Å². The molecule has 1 aliphatic heterocycles. The largest absolute Gasteiger partial charge is 0.347 e. The van der Waals surface area contributed by atoms with Crippen LogP contribution in [0.3, 0.4) is 0 Å². The molecule has 0 radical (unpaired) electrons. The second kappa shape index (κ2) is 9.23. The molecule has 2 rings (SSSR count). The number of carbonyl (C=O) groups is 2. The van der Waals surface area contributed by atoms with Crippen molar-refractivity contribution in [2.45, 2.75) is 32.7 Å². The fraction of sp³-hybridized carbons (Fsp3) is 0.579. The number of rotatable bonds is 5. The van der Waals surface area contributed by atoms with Crippen molar-refractivity contribution < 1.29 is 28.2 Å². The van der Waals surface area contributed by atoms with Crippen LogP contribution in [0.2, 0.25) is 0 Å². The average Bonchev–Trinajstić information content (AvgIpc) is 2.74. The first-order valence-corrected chi connectivity index (χ1v) is 9.36. The number of anilines is 1. The first-order valence-electron chi connectivity index (χ1n) is 9.36. The van der Waals surface area contributed by atoms with Gasteiger partial charge in [-0.25, -0.2) is 8.78 Å². The lowest BCUT2D eigenvalue weighted by molar-refractivity contribution is -0.930. The Morgan fingerprint density at radius 3 is 2.00 bits per heavy atom. The summed E-state index contributed by atoms with van der Waals surface area (Å²) in [6.07, 6.45) is 0.884. The molecule has 0 aliphatic carbocycles. The van der Waals surface area contributed by atoms with E-state index in [9.17, 15) is 18.4 Å². The summed E-state index contributed by atoms with van der Waals surface area (Å²) in [6.45, 7) is 9.57. The molecule has 1 saturated heterocycles. The molecule has 27 heavy (non-hydrogen) atoms. The van der Waals surface area contributed by atoms with Crippen LogP contribution in [0.4, 0.5) is 14.5 Å². The first kappa shape index (κ1) is 21.2. The predicted octanol–water partition coefficient (Wildman–Crippen LogP) is -1.01.